The van der Waals surface area contributed by atoms with Crippen LogP contribution >= 0.6 is 0 Å². The van der Waals surface area contributed by atoms with E-state index < -0.39 is 7.12 Å². The van der Waals surface area contributed by atoms with Gasteiger partial charge in [-0.1, -0.05) is 44.2 Å². The largest absolute Gasteiger partial charge is 0.497 e. The van der Waals surface area contributed by atoms with E-state index in [0.717, 1.165) is 5.56 Å². The van der Waals surface area contributed by atoms with Gasteiger partial charge in [-0.25, -0.2) is 4.39 Å². The van der Waals surface area contributed by atoms with Crippen LogP contribution in [-0.2, 0) is 15.9 Å². The molecule has 2 aromatic rings. The lowest BCUT2D eigenvalue weighted by Gasteiger charge is -2.33. The van der Waals surface area contributed by atoms with Crippen LogP contribution in [0.1, 0.15) is 19.4 Å². The minimum absolute atomic E-state index is 0.0329. The molecule has 120 valence electrons. The number of rotatable bonds is 4. The van der Waals surface area contributed by atoms with Gasteiger partial charge in [-0.2, -0.15) is 0 Å². The van der Waals surface area contributed by atoms with Crippen LogP contribution in [0, 0.1) is 11.2 Å². The molecule has 0 bridgehead atoms. The number of benzene rings is 2. The van der Waals surface area contributed by atoms with Crippen molar-refractivity contribution in [3.63, 3.8) is 0 Å². The van der Waals surface area contributed by atoms with Gasteiger partial charge in [-0.3, -0.25) is 0 Å². The summed E-state index contributed by atoms with van der Waals surface area (Å²) in [5.74, 6) is 0.254. The van der Waals surface area contributed by atoms with E-state index in [0.29, 0.717) is 31.0 Å². The van der Waals surface area contributed by atoms with E-state index in [1.807, 2.05) is 30.3 Å². The highest BCUT2D eigenvalue weighted by Gasteiger charge is 2.35. The molecule has 0 saturated carbocycles. The fourth-order valence-corrected chi connectivity index (χ4v) is 2.44. The molecule has 0 atom stereocenters. The van der Waals surface area contributed by atoms with Gasteiger partial charge in [0.05, 0.1) is 0 Å². The van der Waals surface area contributed by atoms with Crippen molar-refractivity contribution in [1.82, 2.24) is 0 Å². The Balaban J connectivity index is 1.75. The maximum absolute atomic E-state index is 13.7. The monoisotopic (exact) mass is 314 g/mol. The molecule has 5 heteroatoms. The van der Waals surface area contributed by atoms with Crippen LogP contribution in [0.3, 0.4) is 0 Å². The van der Waals surface area contributed by atoms with E-state index in [2.05, 4.69) is 13.8 Å². The first-order chi connectivity index (χ1) is 11.0. The van der Waals surface area contributed by atoms with Crippen LogP contribution in [0.2, 0.25) is 0 Å². The van der Waals surface area contributed by atoms with Gasteiger partial charge in [0.2, 0.25) is 0 Å². The van der Waals surface area contributed by atoms with Gasteiger partial charge in [-0.15, -0.1) is 0 Å². The van der Waals surface area contributed by atoms with Crippen LogP contribution in [0.5, 0.6) is 5.75 Å². The molecule has 0 unspecified atom stereocenters. The van der Waals surface area contributed by atoms with Crippen molar-refractivity contribution in [3.8, 4) is 5.75 Å². The molecule has 23 heavy (non-hydrogen) atoms. The molecule has 1 aliphatic rings. The van der Waals surface area contributed by atoms with E-state index in [1.54, 1.807) is 6.07 Å². The second-order valence-corrected chi connectivity index (χ2v) is 6.57. The zero-order chi connectivity index (χ0) is 16.3. The molecule has 1 saturated heterocycles. The number of hydrogen-bond acceptors (Lipinski definition) is 3. The quantitative estimate of drug-likeness (QED) is 0.811. The normalized spacial score (nSPS) is 17.1. The molecule has 3 rings (SSSR count). The summed E-state index contributed by atoms with van der Waals surface area (Å²) in [6.07, 6.45) is 0. The summed E-state index contributed by atoms with van der Waals surface area (Å²) in [7, 11) is -0.593. The highest BCUT2D eigenvalue weighted by atomic mass is 19.1. The van der Waals surface area contributed by atoms with Crippen LogP contribution in [0.25, 0.3) is 0 Å². The van der Waals surface area contributed by atoms with Gasteiger partial charge in [-0.05, 0) is 23.8 Å². The lowest BCUT2D eigenvalue weighted by molar-refractivity contribution is 0.0340. The molecule has 3 nitrogen and oxygen atoms in total. The molecule has 0 radical (unpaired) electrons. The number of hydrogen-bond donors (Lipinski definition) is 0. The average molecular weight is 314 g/mol. The van der Waals surface area contributed by atoms with Gasteiger partial charge in [0, 0.05) is 24.1 Å². The predicted molar refractivity (Wildman–Crippen MR) is 88.2 cm³/mol. The SMILES string of the molecule is CC1(C)COB(c2cc(F)ccc2OCc2ccccc2)OC1. The van der Waals surface area contributed by atoms with Crippen molar-refractivity contribution in [2.75, 3.05) is 13.2 Å². The van der Waals surface area contributed by atoms with Crippen LogP contribution in [-0.4, -0.2) is 20.3 Å². The topological polar surface area (TPSA) is 27.7 Å². The number of halogens is 1. The van der Waals surface area contributed by atoms with Crippen molar-refractivity contribution in [3.05, 3.63) is 59.9 Å². The fraction of sp³-hybridized carbons (Fsp3) is 0.333. The third kappa shape index (κ3) is 4.12. The maximum atomic E-state index is 13.7. The van der Waals surface area contributed by atoms with Crippen LogP contribution in [0.15, 0.2) is 48.5 Å². The maximum Gasteiger partial charge on any atom is 0.497 e. The van der Waals surface area contributed by atoms with Gasteiger partial charge < -0.3 is 14.0 Å². The Morgan fingerprint density at radius 1 is 1.09 bits per heavy atom. The Hall–Kier alpha value is -1.85. The van der Waals surface area contributed by atoms with Gasteiger partial charge in [0.25, 0.3) is 0 Å². The van der Waals surface area contributed by atoms with Crippen molar-refractivity contribution in [2.24, 2.45) is 5.41 Å². The lowest BCUT2D eigenvalue weighted by atomic mass is 9.75. The highest BCUT2D eigenvalue weighted by Crippen LogP contribution is 2.23. The third-order valence-electron chi connectivity index (χ3n) is 3.71. The first-order valence-electron chi connectivity index (χ1n) is 7.73. The van der Waals surface area contributed by atoms with E-state index in [1.165, 1.54) is 12.1 Å². The summed E-state index contributed by atoms with van der Waals surface area (Å²) in [5.41, 5.74) is 1.61. The summed E-state index contributed by atoms with van der Waals surface area (Å²) in [5, 5.41) is 0. The van der Waals surface area contributed by atoms with E-state index >= 15 is 0 Å². The second kappa shape index (κ2) is 6.73. The highest BCUT2D eigenvalue weighted by molar-refractivity contribution is 6.62. The molecule has 0 amide bonds. The third-order valence-corrected chi connectivity index (χ3v) is 3.71. The van der Waals surface area contributed by atoms with E-state index in [-0.39, 0.29) is 11.2 Å². The molecule has 1 aliphatic heterocycles. The predicted octanol–water partition coefficient (Wildman–Crippen LogP) is 3.17. The number of ether oxygens (including phenoxy) is 1. The Morgan fingerprint density at radius 2 is 1.78 bits per heavy atom. The van der Waals surface area contributed by atoms with Gasteiger partial charge in [0.15, 0.2) is 0 Å². The van der Waals surface area contributed by atoms with Crippen LogP contribution < -0.4 is 10.2 Å². The summed E-state index contributed by atoms with van der Waals surface area (Å²) < 4.78 is 31.0. The fourth-order valence-electron chi connectivity index (χ4n) is 2.44. The zero-order valence-corrected chi connectivity index (χ0v) is 13.4. The van der Waals surface area contributed by atoms with Crippen molar-refractivity contribution in [1.29, 1.82) is 0 Å². The van der Waals surface area contributed by atoms with Crippen molar-refractivity contribution in [2.45, 2.75) is 20.5 Å². The lowest BCUT2D eigenvalue weighted by Crippen LogP contribution is -2.47. The average Bonchev–Trinajstić information content (AvgIpc) is 2.55. The molecular weight excluding hydrogens is 294 g/mol. The first kappa shape index (κ1) is 16.0. The Bertz CT molecular complexity index is 651. The van der Waals surface area contributed by atoms with E-state index in [9.17, 15) is 4.39 Å². The molecular formula is C18H20BFO3. The molecule has 0 aliphatic carbocycles. The van der Waals surface area contributed by atoms with Gasteiger partial charge >= 0.3 is 7.12 Å². The molecule has 1 heterocycles. The summed E-state index contributed by atoms with van der Waals surface area (Å²) in [6, 6.07) is 14.3. The molecule has 0 spiro atoms. The molecule has 0 N–H and O–H groups in total. The van der Waals surface area contributed by atoms with Crippen molar-refractivity contribution < 1.29 is 18.4 Å². The molecule has 1 fully saturated rings. The zero-order valence-electron chi connectivity index (χ0n) is 13.4. The smallest absolute Gasteiger partial charge is 0.489 e. The Kier molecular flexibility index (Phi) is 4.69. The Labute approximate surface area is 136 Å². The standard InChI is InChI=1S/C18H20BFO3/c1-18(2)12-22-19(23-13-18)16-10-15(20)8-9-17(16)21-11-14-6-4-3-5-7-14/h3-10H,11-13H2,1-2H3. The first-order valence-corrected chi connectivity index (χ1v) is 7.73. The second-order valence-electron chi connectivity index (χ2n) is 6.57. The summed E-state index contributed by atoms with van der Waals surface area (Å²) >= 11 is 0. The molecule has 0 aromatic heterocycles. The molecule has 2 aromatic carbocycles. The minimum atomic E-state index is -0.593. The van der Waals surface area contributed by atoms with E-state index in [4.69, 9.17) is 14.0 Å². The van der Waals surface area contributed by atoms with Crippen molar-refractivity contribution >= 4 is 12.6 Å². The van der Waals surface area contributed by atoms with Crippen LogP contribution in [0.4, 0.5) is 4.39 Å². The minimum Gasteiger partial charge on any atom is -0.489 e. The van der Waals surface area contributed by atoms with Gasteiger partial charge in [0.1, 0.15) is 18.2 Å². The Morgan fingerprint density at radius 3 is 2.48 bits per heavy atom. The summed E-state index contributed by atoms with van der Waals surface area (Å²) in [4.78, 5) is 0. The summed E-state index contributed by atoms with van der Waals surface area (Å²) in [6.45, 7) is 5.68.